The van der Waals surface area contributed by atoms with Crippen molar-refractivity contribution in [3.05, 3.63) is 20.4 Å². The van der Waals surface area contributed by atoms with Crippen LogP contribution < -0.4 is 5.32 Å². The van der Waals surface area contributed by atoms with E-state index >= 15 is 0 Å². The topological polar surface area (TPSA) is 42.0 Å². The van der Waals surface area contributed by atoms with Crippen LogP contribution in [0.15, 0.2) is 6.20 Å². The van der Waals surface area contributed by atoms with Crippen LogP contribution in [0.2, 0.25) is 5.02 Å². The Kier molecular flexibility index (Phi) is 4.17. The highest BCUT2D eigenvalue weighted by Gasteiger charge is 2.23. The van der Waals surface area contributed by atoms with Gasteiger partial charge in [-0.1, -0.05) is 32.4 Å². The van der Waals surface area contributed by atoms with Gasteiger partial charge in [0.25, 0.3) is 0 Å². The predicted octanol–water partition coefficient (Wildman–Crippen LogP) is 3.63. The Labute approximate surface area is 114 Å². The maximum absolute atomic E-state index is 11.8. The van der Waals surface area contributed by atoms with Crippen molar-refractivity contribution in [3.63, 3.8) is 0 Å². The Hall–Kier alpha value is -0.360. The lowest BCUT2D eigenvalue weighted by molar-refractivity contribution is -0.123. The first kappa shape index (κ1) is 13.7. The third-order valence-electron chi connectivity index (χ3n) is 2.05. The standard InChI is InChI=1S/C11H14ClIN2O/c1-6-5-14-9(7(12)8(6)13)15-10(16)11(2,3)4/h5H,1-4H3,(H,14,15,16). The van der Waals surface area contributed by atoms with Gasteiger partial charge in [0.05, 0.1) is 5.02 Å². The van der Waals surface area contributed by atoms with Gasteiger partial charge in [0.2, 0.25) is 5.91 Å². The van der Waals surface area contributed by atoms with E-state index in [-0.39, 0.29) is 5.91 Å². The summed E-state index contributed by atoms with van der Waals surface area (Å²) in [4.78, 5) is 15.9. The second kappa shape index (κ2) is 4.87. The SMILES string of the molecule is Cc1cnc(NC(=O)C(C)(C)C)c(Cl)c1I. The Morgan fingerprint density at radius 3 is 2.56 bits per heavy atom. The third-order valence-corrected chi connectivity index (χ3v) is 4.12. The van der Waals surface area contributed by atoms with E-state index in [1.165, 1.54) is 0 Å². The number of rotatable bonds is 1. The molecule has 1 heterocycles. The van der Waals surface area contributed by atoms with Crippen LogP contribution in [-0.4, -0.2) is 10.9 Å². The minimum absolute atomic E-state index is 0.0958. The van der Waals surface area contributed by atoms with Crippen LogP contribution in [0.1, 0.15) is 26.3 Å². The van der Waals surface area contributed by atoms with E-state index in [1.54, 1.807) is 6.20 Å². The number of nitrogens with zero attached hydrogens (tertiary/aromatic N) is 1. The molecule has 0 unspecified atom stereocenters. The Bertz CT molecular complexity index is 427. The second-order valence-corrected chi connectivity index (χ2v) is 6.08. The highest BCUT2D eigenvalue weighted by atomic mass is 127. The minimum atomic E-state index is -0.457. The lowest BCUT2D eigenvalue weighted by Crippen LogP contribution is -2.28. The van der Waals surface area contributed by atoms with Crippen LogP contribution in [0.3, 0.4) is 0 Å². The van der Waals surface area contributed by atoms with Crippen molar-refractivity contribution in [1.82, 2.24) is 4.98 Å². The molecule has 1 aromatic heterocycles. The largest absolute Gasteiger partial charge is 0.309 e. The summed E-state index contributed by atoms with van der Waals surface area (Å²) in [6, 6.07) is 0. The fraction of sp³-hybridized carbons (Fsp3) is 0.455. The van der Waals surface area contributed by atoms with Crippen molar-refractivity contribution in [2.75, 3.05) is 5.32 Å². The zero-order valence-electron chi connectivity index (χ0n) is 9.69. The second-order valence-electron chi connectivity index (χ2n) is 4.62. The van der Waals surface area contributed by atoms with Gasteiger partial charge in [-0.15, -0.1) is 0 Å². The quantitative estimate of drug-likeness (QED) is 0.784. The number of anilines is 1. The van der Waals surface area contributed by atoms with Crippen LogP contribution >= 0.6 is 34.2 Å². The number of carbonyl (C=O) groups excluding carboxylic acids is 1. The number of halogens is 2. The van der Waals surface area contributed by atoms with Crippen molar-refractivity contribution in [2.24, 2.45) is 5.41 Å². The average molecular weight is 353 g/mol. The number of hydrogen-bond acceptors (Lipinski definition) is 2. The van der Waals surface area contributed by atoms with Gasteiger partial charge in [-0.05, 0) is 35.1 Å². The van der Waals surface area contributed by atoms with Gasteiger partial charge < -0.3 is 5.32 Å². The van der Waals surface area contributed by atoms with Gasteiger partial charge in [-0.25, -0.2) is 4.98 Å². The summed E-state index contributed by atoms with van der Waals surface area (Å²) in [5.41, 5.74) is 0.542. The van der Waals surface area contributed by atoms with E-state index in [2.05, 4.69) is 32.9 Å². The summed E-state index contributed by atoms with van der Waals surface area (Å²) in [7, 11) is 0. The smallest absolute Gasteiger partial charge is 0.230 e. The Morgan fingerprint density at radius 1 is 1.50 bits per heavy atom. The zero-order chi connectivity index (χ0) is 12.5. The molecule has 0 aliphatic rings. The van der Waals surface area contributed by atoms with E-state index in [9.17, 15) is 4.79 Å². The molecule has 1 N–H and O–H groups in total. The molecule has 1 rings (SSSR count). The highest BCUT2D eigenvalue weighted by Crippen LogP contribution is 2.28. The molecule has 0 aliphatic heterocycles. The fourth-order valence-corrected chi connectivity index (χ4v) is 1.57. The highest BCUT2D eigenvalue weighted by molar-refractivity contribution is 14.1. The molecule has 0 saturated carbocycles. The van der Waals surface area contributed by atoms with Gasteiger partial charge >= 0.3 is 0 Å². The molecular formula is C11H14ClIN2O. The van der Waals surface area contributed by atoms with E-state index in [0.717, 1.165) is 9.13 Å². The number of pyridine rings is 1. The maximum Gasteiger partial charge on any atom is 0.230 e. The molecule has 0 aliphatic carbocycles. The van der Waals surface area contributed by atoms with E-state index in [4.69, 9.17) is 11.6 Å². The average Bonchev–Trinajstić information content (AvgIpc) is 2.17. The first-order valence-corrected chi connectivity index (χ1v) is 6.31. The number of hydrogen-bond donors (Lipinski definition) is 1. The molecule has 16 heavy (non-hydrogen) atoms. The summed E-state index contributed by atoms with van der Waals surface area (Å²) in [5.74, 6) is 0.332. The van der Waals surface area contributed by atoms with Gasteiger partial charge in [-0.2, -0.15) is 0 Å². The van der Waals surface area contributed by atoms with Crippen molar-refractivity contribution < 1.29 is 4.79 Å². The Balaban J connectivity index is 3.00. The van der Waals surface area contributed by atoms with Gasteiger partial charge in [0.1, 0.15) is 0 Å². The first-order valence-electron chi connectivity index (χ1n) is 4.85. The molecule has 1 aromatic rings. The summed E-state index contributed by atoms with van der Waals surface area (Å²) in [6.07, 6.45) is 1.70. The molecule has 0 radical (unpaired) electrons. The number of nitrogens with one attached hydrogen (secondary N) is 1. The molecule has 88 valence electrons. The van der Waals surface area contributed by atoms with Crippen LogP contribution in [0.25, 0.3) is 0 Å². The van der Waals surface area contributed by atoms with Crippen LogP contribution in [0, 0.1) is 15.9 Å². The summed E-state index contributed by atoms with van der Waals surface area (Å²) in [6.45, 7) is 7.45. The predicted molar refractivity (Wildman–Crippen MR) is 74.8 cm³/mol. The van der Waals surface area contributed by atoms with Crippen LogP contribution in [0.4, 0.5) is 5.82 Å². The molecule has 3 nitrogen and oxygen atoms in total. The summed E-state index contributed by atoms with van der Waals surface area (Å²) in [5, 5.41) is 3.23. The normalized spacial score (nSPS) is 11.4. The monoisotopic (exact) mass is 352 g/mol. The Morgan fingerprint density at radius 2 is 2.06 bits per heavy atom. The van der Waals surface area contributed by atoms with Crippen LogP contribution in [-0.2, 0) is 4.79 Å². The van der Waals surface area contributed by atoms with Crippen LogP contribution in [0.5, 0.6) is 0 Å². The maximum atomic E-state index is 11.8. The van der Waals surface area contributed by atoms with Gasteiger partial charge in [0, 0.05) is 15.2 Å². The van der Waals surface area contributed by atoms with E-state index in [0.29, 0.717) is 10.8 Å². The molecule has 0 fully saturated rings. The van der Waals surface area contributed by atoms with Gasteiger partial charge in [-0.3, -0.25) is 4.79 Å². The van der Waals surface area contributed by atoms with Crippen molar-refractivity contribution >= 4 is 45.9 Å². The zero-order valence-corrected chi connectivity index (χ0v) is 12.6. The van der Waals surface area contributed by atoms with Gasteiger partial charge in [0.15, 0.2) is 5.82 Å². The number of carbonyl (C=O) groups is 1. The number of aromatic nitrogens is 1. The molecule has 5 heteroatoms. The first-order chi connectivity index (χ1) is 7.23. The van der Waals surface area contributed by atoms with Crippen molar-refractivity contribution in [2.45, 2.75) is 27.7 Å². The molecule has 0 aromatic carbocycles. The third kappa shape index (κ3) is 3.07. The minimum Gasteiger partial charge on any atom is -0.309 e. The number of amides is 1. The summed E-state index contributed by atoms with van der Waals surface area (Å²) >= 11 is 8.25. The van der Waals surface area contributed by atoms with E-state index in [1.807, 2.05) is 27.7 Å². The van der Waals surface area contributed by atoms with Crippen molar-refractivity contribution in [3.8, 4) is 0 Å². The summed E-state index contributed by atoms with van der Waals surface area (Å²) < 4.78 is 0.915. The fourth-order valence-electron chi connectivity index (χ4n) is 0.934. The molecular weight excluding hydrogens is 338 g/mol. The lowest BCUT2D eigenvalue weighted by atomic mass is 9.96. The molecule has 0 atom stereocenters. The lowest BCUT2D eigenvalue weighted by Gasteiger charge is -2.18. The molecule has 1 amide bonds. The molecule has 0 bridgehead atoms. The molecule has 0 spiro atoms. The number of aryl methyl sites for hydroxylation is 1. The molecule has 0 saturated heterocycles. The van der Waals surface area contributed by atoms with Crippen molar-refractivity contribution in [1.29, 1.82) is 0 Å². The van der Waals surface area contributed by atoms with E-state index < -0.39 is 5.41 Å².